The van der Waals surface area contributed by atoms with E-state index >= 15 is 0 Å². The second kappa shape index (κ2) is 18.1. The summed E-state index contributed by atoms with van der Waals surface area (Å²) in [5, 5.41) is 0. The molecule has 0 radical (unpaired) electrons. The molecule has 8 aromatic carbocycles. The van der Waals surface area contributed by atoms with E-state index in [1.54, 1.807) is 50.0 Å². The zero-order valence-corrected chi connectivity index (χ0v) is 53.4. The largest absolute Gasteiger partial charge is 0.400 e. The maximum Gasteiger partial charge on any atom is 0.325 e. The van der Waals surface area contributed by atoms with Crippen LogP contribution in [-0.2, 0) is 39.9 Å². The minimum absolute atomic E-state index is 0.00449. The van der Waals surface area contributed by atoms with Crippen LogP contribution >= 0.6 is 0 Å². The van der Waals surface area contributed by atoms with E-state index in [1.807, 2.05) is 0 Å². The summed E-state index contributed by atoms with van der Waals surface area (Å²) >= 11 is 0. The van der Waals surface area contributed by atoms with Crippen LogP contribution in [0.2, 0.25) is 0 Å². The summed E-state index contributed by atoms with van der Waals surface area (Å²) in [5.41, 5.74) is 33.1. The molecule has 5 aliphatic carbocycles. The van der Waals surface area contributed by atoms with Gasteiger partial charge in [0.25, 0.3) is 0 Å². The molecule has 4 aliphatic heterocycles. The lowest BCUT2D eigenvalue weighted by Gasteiger charge is -2.67. The molecular formula is C83H84BN3. The highest BCUT2D eigenvalue weighted by molar-refractivity contribution is 6.88. The van der Waals surface area contributed by atoms with E-state index in [4.69, 9.17) is 0 Å². The van der Waals surface area contributed by atoms with Gasteiger partial charge in [0.05, 0.1) is 5.54 Å². The van der Waals surface area contributed by atoms with Crippen LogP contribution < -0.4 is 20.1 Å². The van der Waals surface area contributed by atoms with Crippen molar-refractivity contribution in [2.45, 2.75) is 179 Å². The third kappa shape index (κ3) is 6.86. The Bertz CT molecular complexity index is 4300. The van der Waals surface area contributed by atoms with Crippen molar-refractivity contribution in [3.63, 3.8) is 0 Å². The molecule has 6 atom stereocenters. The molecule has 0 amide bonds. The average molecular weight is 1130 g/mol. The van der Waals surface area contributed by atoms with Gasteiger partial charge in [-0.2, -0.15) is 0 Å². The molecule has 3 nitrogen and oxygen atoms in total. The summed E-state index contributed by atoms with van der Waals surface area (Å²) in [6, 6.07) is 66.7. The van der Waals surface area contributed by atoms with Crippen molar-refractivity contribution in [3.05, 3.63) is 243 Å². The van der Waals surface area contributed by atoms with E-state index in [-0.39, 0.29) is 45.4 Å². The Labute approximate surface area is 519 Å². The minimum atomic E-state index is -0.534. The number of unbranched alkanes of at least 4 members (excludes halogenated alkanes) is 1. The van der Waals surface area contributed by atoms with Crippen molar-refractivity contribution in [3.8, 4) is 33.4 Å². The first-order valence-corrected chi connectivity index (χ1v) is 33.4. The van der Waals surface area contributed by atoms with Crippen molar-refractivity contribution in [1.29, 1.82) is 0 Å². The first-order chi connectivity index (χ1) is 41.8. The number of hydrogen-bond acceptors (Lipinski definition) is 3. The van der Waals surface area contributed by atoms with Crippen LogP contribution in [-0.4, -0.2) is 17.9 Å². The van der Waals surface area contributed by atoms with E-state index in [1.165, 1.54) is 124 Å². The van der Waals surface area contributed by atoms with Gasteiger partial charge in [-0.25, -0.2) is 0 Å². The van der Waals surface area contributed by atoms with Crippen LogP contribution in [0.15, 0.2) is 204 Å². The molecule has 0 aromatic heterocycles. The third-order valence-corrected chi connectivity index (χ3v) is 24.9. The lowest BCUT2D eigenvalue weighted by atomic mass is 9.32. The molecule has 87 heavy (non-hydrogen) atoms. The van der Waals surface area contributed by atoms with Crippen molar-refractivity contribution >= 4 is 46.4 Å². The molecule has 1 fully saturated rings. The quantitative estimate of drug-likeness (QED) is 0.111. The average Bonchev–Trinajstić information content (AvgIpc) is 1.63. The fourth-order valence-electron chi connectivity index (χ4n) is 20.3. The Hall–Kier alpha value is -7.56. The van der Waals surface area contributed by atoms with E-state index < -0.39 is 5.54 Å². The Morgan fingerprint density at radius 3 is 1.86 bits per heavy atom. The smallest absolute Gasteiger partial charge is 0.325 e. The number of para-hydroxylation sites is 1. The molecule has 4 heteroatoms. The van der Waals surface area contributed by atoms with Gasteiger partial charge in [0, 0.05) is 61.5 Å². The van der Waals surface area contributed by atoms with E-state index in [2.05, 4.69) is 273 Å². The standard InChI is InChI=1S/C83H84BN3/c1-12-13-26-53-43-63-62-49-61(85(59-33-24-31-56(45-59)54-27-16-14-17-28-54)60-34-25-32-57(46-60)55-29-18-15-19-30-55)50-71-73(62)84(87-74(63)68(44-53)80(8)38-22-23-39-81(80,87)9)76-69-48-58-47-66-67(78(5,6)42-41-77(66,3)4)51-65(58)82(69,10)72-52(2)37-40-79(7)64-35-20-21-36-70(64)86(71)83(76,11)75(72)79/h14-21,24-25,27-37,40,43-47,49-52H,12-13,22-23,26,38-39,41-42,48H2,1-11H3. The summed E-state index contributed by atoms with van der Waals surface area (Å²) < 4.78 is 0. The van der Waals surface area contributed by atoms with Gasteiger partial charge in [-0.1, -0.05) is 207 Å². The maximum atomic E-state index is 3.17. The second-order valence-electron chi connectivity index (χ2n) is 30.4. The zero-order valence-electron chi connectivity index (χ0n) is 53.4. The van der Waals surface area contributed by atoms with Crippen molar-refractivity contribution < 1.29 is 0 Å². The van der Waals surface area contributed by atoms with Gasteiger partial charge in [0.1, 0.15) is 0 Å². The number of allylic oxidation sites excluding steroid dienone is 4. The number of benzene rings is 8. The Morgan fingerprint density at radius 1 is 0.552 bits per heavy atom. The van der Waals surface area contributed by atoms with E-state index in [9.17, 15) is 0 Å². The van der Waals surface area contributed by atoms with E-state index in [0.29, 0.717) is 0 Å². The first kappa shape index (κ1) is 53.7. The molecule has 1 saturated carbocycles. The monoisotopic (exact) mass is 1130 g/mol. The van der Waals surface area contributed by atoms with Crippen molar-refractivity contribution in [2.75, 3.05) is 14.6 Å². The van der Waals surface area contributed by atoms with E-state index in [0.717, 1.165) is 24.2 Å². The number of fused-ring (bicyclic) bond motifs is 15. The van der Waals surface area contributed by atoms with Crippen LogP contribution in [0.25, 0.3) is 33.4 Å². The van der Waals surface area contributed by atoms with Gasteiger partial charge >= 0.3 is 6.85 Å². The molecular weight excluding hydrogens is 1050 g/mol. The van der Waals surface area contributed by atoms with Crippen LogP contribution in [0, 0.1) is 5.92 Å². The zero-order chi connectivity index (χ0) is 59.5. The van der Waals surface area contributed by atoms with Gasteiger partial charge in [-0.3, -0.25) is 0 Å². The summed E-state index contributed by atoms with van der Waals surface area (Å²) in [5.74, 6) is 0.240. The molecule has 17 rings (SSSR count). The van der Waals surface area contributed by atoms with Gasteiger partial charge in [-0.15, -0.1) is 0 Å². The lowest BCUT2D eigenvalue weighted by molar-refractivity contribution is 0.199. The van der Waals surface area contributed by atoms with Gasteiger partial charge < -0.3 is 14.6 Å². The number of hydrogen-bond donors (Lipinski definition) is 0. The highest BCUT2D eigenvalue weighted by Crippen LogP contribution is 2.72. The van der Waals surface area contributed by atoms with Gasteiger partial charge in [0.15, 0.2) is 0 Å². The SMILES string of the molecule is CCCCc1cc2c3c(c1)C1(C)CCCCC1(C)N3B1C3=C4Cc5cc6c(cc5C4(C)C4=C5C(C)(C=CC4C)c4ccccc4N(c4cc(N(c7cccc(-c8ccccc8)c7)c7cccc(-c8ccccc8)c7)cc-2c41)C35C)C(C)(C)CCC6(C)C. The molecule has 434 valence electrons. The molecule has 9 aliphatic rings. The predicted molar refractivity (Wildman–Crippen MR) is 368 cm³/mol. The normalized spacial score (nSPS) is 27.4. The summed E-state index contributed by atoms with van der Waals surface area (Å²) in [6.45, 7) is 28.6. The third-order valence-electron chi connectivity index (χ3n) is 24.9. The lowest BCUT2D eigenvalue weighted by Crippen LogP contribution is -2.75. The molecule has 6 unspecified atom stereocenters. The maximum absolute atomic E-state index is 3.17. The molecule has 0 spiro atoms. The topological polar surface area (TPSA) is 9.72 Å². The summed E-state index contributed by atoms with van der Waals surface area (Å²) in [4.78, 5) is 8.76. The molecule has 0 N–H and O–H groups in total. The van der Waals surface area contributed by atoms with Gasteiger partial charge in [0.2, 0.25) is 0 Å². The highest BCUT2D eigenvalue weighted by atomic mass is 15.3. The predicted octanol–water partition coefficient (Wildman–Crippen LogP) is 20.5. The van der Waals surface area contributed by atoms with Crippen LogP contribution in [0.3, 0.4) is 0 Å². The summed E-state index contributed by atoms with van der Waals surface area (Å²) in [7, 11) is 0. The summed E-state index contributed by atoms with van der Waals surface area (Å²) in [6.07, 6.45) is 17.0. The minimum Gasteiger partial charge on any atom is -0.400 e. The Kier molecular flexibility index (Phi) is 11.1. The highest BCUT2D eigenvalue weighted by Gasteiger charge is 2.71. The number of nitrogens with zero attached hydrogens (tertiary/aromatic N) is 3. The Balaban J connectivity index is 1.03. The fraction of sp³-hybridized carbons (Fsp3) is 0.349. The first-order valence-electron chi connectivity index (χ1n) is 33.4. The van der Waals surface area contributed by atoms with Crippen LogP contribution in [0.5, 0.6) is 0 Å². The molecule has 4 heterocycles. The second-order valence-corrected chi connectivity index (χ2v) is 30.4. The number of aryl methyl sites for hydroxylation is 1. The molecule has 8 aromatic rings. The number of anilines is 6. The Morgan fingerprint density at radius 2 is 1.18 bits per heavy atom. The van der Waals surface area contributed by atoms with Gasteiger partial charge in [-0.05, 0) is 227 Å². The fourth-order valence-corrected chi connectivity index (χ4v) is 20.3. The van der Waals surface area contributed by atoms with Crippen LogP contribution in [0.4, 0.5) is 34.1 Å². The molecule has 0 saturated heterocycles. The van der Waals surface area contributed by atoms with Crippen molar-refractivity contribution in [1.82, 2.24) is 0 Å². The van der Waals surface area contributed by atoms with Crippen molar-refractivity contribution in [2.24, 2.45) is 5.92 Å². The number of rotatable bonds is 8. The molecule has 0 bridgehead atoms. The van der Waals surface area contributed by atoms with Crippen LogP contribution in [0.1, 0.15) is 166 Å².